The van der Waals surface area contributed by atoms with Gasteiger partial charge in [-0.2, -0.15) is 0 Å². The van der Waals surface area contributed by atoms with Crippen molar-refractivity contribution in [1.29, 1.82) is 0 Å². The Labute approximate surface area is 271 Å². The third kappa shape index (κ3) is 14.2. The second kappa shape index (κ2) is 20.6. The molecule has 0 aliphatic carbocycles. The van der Waals surface area contributed by atoms with Gasteiger partial charge in [0.15, 0.2) is 0 Å². The molecule has 4 aromatic carbocycles. The fraction of sp³-hybridized carbons (Fsp3) is 0.316. The van der Waals surface area contributed by atoms with Crippen molar-refractivity contribution >= 4 is 11.9 Å². The lowest BCUT2D eigenvalue weighted by Crippen LogP contribution is -2.30. The molecule has 0 saturated heterocycles. The highest BCUT2D eigenvalue weighted by molar-refractivity contribution is 5.77. The molecular formula is C38H42O8. The number of ether oxygens (including phenoxy) is 6. The van der Waals surface area contributed by atoms with E-state index in [2.05, 4.69) is 0 Å². The van der Waals surface area contributed by atoms with Crippen LogP contribution in [-0.4, -0.2) is 50.6 Å². The summed E-state index contributed by atoms with van der Waals surface area (Å²) in [6.07, 6.45) is -1.56. The molecule has 0 unspecified atom stereocenters. The van der Waals surface area contributed by atoms with Crippen LogP contribution in [0.3, 0.4) is 0 Å². The fourth-order valence-electron chi connectivity index (χ4n) is 4.46. The molecule has 0 fully saturated rings. The molecule has 0 bridgehead atoms. The van der Waals surface area contributed by atoms with Crippen LogP contribution in [0.5, 0.6) is 0 Å². The van der Waals surface area contributed by atoms with Gasteiger partial charge in [-0.25, -0.2) is 0 Å². The van der Waals surface area contributed by atoms with Crippen molar-refractivity contribution in [3.63, 3.8) is 0 Å². The van der Waals surface area contributed by atoms with E-state index in [4.69, 9.17) is 28.4 Å². The number of hydrogen-bond acceptors (Lipinski definition) is 8. The monoisotopic (exact) mass is 626 g/mol. The van der Waals surface area contributed by atoms with Gasteiger partial charge in [-0.05, 0) is 22.3 Å². The molecule has 4 aromatic rings. The predicted molar refractivity (Wildman–Crippen MR) is 173 cm³/mol. The first-order chi connectivity index (χ1) is 22.6. The van der Waals surface area contributed by atoms with E-state index in [9.17, 15) is 9.59 Å². The normalized spacial score (nSPS) is 11.1. The molecule has 0 spiro atoms. The van der Waals surface area contributed by atoms with E-state index >= 15 is 0 Å². The largest absolute Gasteiger partial charge is 0.457 e. The second-order valence-electron chi connectivity index (χ2n) is 10.7. The summed E-state index contributed by atoms with van der Waals surface area (Å²) in [5.74, 6) is -1.07. The van der Waals surface area contributed by atoms with Gasteiger partial charge in [0.25, 0.3) is 0 Å². The van der Waals surface area contributed by atoms with E-state index in [-0.39, 0.29) is 39.3 Å². The Morgan fingerprint density at radius 3 is 0.870 bits per heavy atom. The lowest BCUT2D eigenvalue weighted by atomic mass is 10.2. The molecule has 0 aliphatic rings. The molecule has 242 valence electrons. The van der Waals surface area contributed by atoms with Gasteiger partial charge in [0.2, 0.25) is 0 Å². The van der Waals surface area contributed by atoms with Crippen molar-refractivity contribution in [3.05, 3.63) is 144 Å². The van der Waals surface area contributed by atoms with Crippen molar-refractivity contribution in [3.8, 4) is 0 Å². The van der Waals surface area contributed by atoms with Crippen LogP contribution >= 0.6 is 0 Å². The summed E-state index contributed by atoms with van der Waals surface area (Å²) >= 11 is 0. The molecule has 0 saturated carbocycles. The molecule has 0 heterocycles. The van der Waals surface area contributed by atoms with Gasteiger partial charge in [-0.1, -0.05) is 121 Å². The minimum absolute atomic E-state index is 0.144. The Bertz CT molecular complexity index is 1180. The van der Waals surface area contributed by atoms with E-state index in [1.807, 2.05) is 121 Å². The van der Waals surface area contributed by atoms with Gasteiger partial charge < -0.3 is 28.4 Å². The summed E-state index contributed by atoms with van der Waals surface area (Å²) in [6, 6.07) is 39.0. The van der Waals surface area contributed by atoms with Crippen LogP contribution in [0.25, 0.3) is 0 Å². The highest BCUT2D eigenvalue weighted by atomic mass is 16.6. The molecule has 0 atom stereocenters. The summed E-state index contributed by atoms with van der Waals surface area (Å²) < 4.78 is 34.6. The zero-order chi connectivity index (χ0) is 32.1. The molecule has 0 radical (unpaired) electrons. The summed E-state index contributed by atoms with van der Waals surface area (Å²) in [4.78, 5) is 25.6. The number of carbonyl (C=O) groups excluding carboxylic acids is 2. The minimum atomic E-state index is -0.638. The van der Waals surface area contributed by atoms with Crippen molar-refractivity contribution in [2.24, 2.45) is 0 Å². The average molecular weight is 627 g/mol. The van der Waals surface area contributed by atoms with E-state index in [1.54, 1.807) is 0 Å². The van der Waals surface area contributed by atoms with Gasteiger partial charge >= 0.3 is 11.9 Å². The van der Waals surface area contributed by atoms with E-state index in [0.717, 1.165) is 22.3 Å². The highest BCUT2D eigenvalue weighted by Gasteiger charge is 2.20. The molecule has 0 amide bonds. The molecule has 46 heavy (non-hydrogen) atoms. The SMILES string of the molecule is O=C(CCC(=O)OC(COCc1ccccc1)COCc1ccccc1)OC(COCc1ccccc1)COCc1ccccc1. The van der Waals surface area contributed by atoms with E-state index in [0.29, 0.717) is 26.4 Å². The Morgan fingerprint density at radius 2 is 0.630 bits per heavy atom. The van der Waals surface area contributed by atoms with E-state index < -0.39 is 24.1 Å². The molecule has 8 nitrogen and oxygen atoms in total. The number of rotatable bonds is 21. The van der Waals surface area contributed by atoms with Crippen molar-refractivity contribution < 1.29 is 38.0 Å². The number of benzene rings is 4. The minimum Gasteiger partial charge on any atom is -0.457 e. The molecule has 8 heteroatoms. The van der Waals surface area contributed by atoms with Crippen molar-refractivity contribution in [2.45, 2.75) is 51.5 Å². The van der Waals surface area contributed by atoms with Crippen LogP contribution in [0.1, 0.15) is 35.1 Å². The number of carbonyl (C=O) groups is 2. The predicted octanol–water partition coefficient (Wildman–Crippen LogP) is 6.46. The van der Waals surface area contributed by atoms with Gasteiger partial charge in [0, 0.05) is 0 Å². The van der Waals surface area contributed by atoms with Crippen molar-refractivity contribution in [2.75, 3.05) is 26.4 Å². The molecular weight excluding hydrogens is 584 g/mol. The zero-order valence-electron chi connectivity index (χ0n) is 26.0. The lowest BCUT2D eigenvalue weighted by molar-refractivity contribution is -0.163. The third-order valence-corrected chi connectivity index (χ3v) is 6.79. The zero-order valence-corrected chi connectivity index (χ0v) is 26.0. The van der Waals surface area contributed by atoms with Crippen LogP contribution in [-0.2, 0) is 64.4 Å². The standard InChI is InChI=1S/C38H42O8/c39-37(45-35(27-41-23-31-13-5-1-6-14-31)28-42-24-32-15-7-2-8-16-32)21-22-38(40)46-36(29-43-25-33-17-9-3-10-18-33)30-44-26-34-19-11-4-12-20-34/h1-20,35-36H,21-30H2. The molecule has 4 rings (SSSR count). The maximum absolute atomic E-state index is 12.8. The Balaban J connectivity index is 1.23. The molecule has 0 aromatic heterocycles. The maximum Gasteiger partial charge on any atom is 0.306 e. The third-order valence-electron chi connectivity index (χ3n) is 6.79. The maximum atomic E-state index is 12.8. The molecule has 0 N–H and O–H groups in total. The van der Waals surface area contributed by atoms with Crippen molar-refractivity contribution in [1.82, 2.24) is 0 Å². The summed E-state index contributed by atoms with van der Waals surface area (Å²) in [5.41, 5.74) is 4.04. The molecule has 0 aliphatic heterocycles. The number of hydrogen-bond donors (Lipinski definition) is 0. The van der Waals surface area contributed by atoms with Gasteiger partial charge in [-0.15, -0.1) is 0 Å². The highest BCUT2D eigenvalue weighted by Crippen LogP contribution is 2.10. The van der Waals surface area contributed by atoms with Crippen LogP contribution < -0.4 is 0 Å². The Morgan fingerprint density at radius 1 is 0.391 bits per heavy atom. The Hall–Kier alpha value is -4.34. The first kappa shape index (κ1) is 34.5. The second-order valence-corrected chi connectivity index (χ2v) is 10.7. The Kier molecular flexibility index (Phi) is 15.5. The van der Waals surface area contributed by atoms with Crippen LogP contribution in [0.15, 0.2) is 121 Å². The quantitative estimate of drug-likeness (QED) is 0.0975. The van der Waals surface area contributed by atoms with Gasteiger partial charge in [0.05, 0.1) is 65.7 Å². The van der Waals surface area contributed by atoms with E-state index in [1.165, 1.54) is 0 Å². The smallest absolute Gasteiger partial charge is 0.306 e. The first-order valence-electron chi connectivity index (χ1n) is 15.5. The summed E-state index contributed by atoms with van der Waals surface area (Å²) in [5, 5.41) is 0. The summed E-state index contributed by atoms with van der Waals surface area (Å²) in [7, 11) is 0. The van der Waals surface area contributed by atoms with Gasteiger partial charge in [-0.3, -0.25) is 9.59 Å². The van der Waals surface area contributed by atoms with Crippen LogP contribution in [0.2, 0.25) is 0 Å². The average Bonchev–Trinajstić information content (AvgIpc) is 3.09. The fourth-order valence-corrected chi connectivity index (χ4v) is 4.46. The number of esters is 2. The van der Waals surface area contributed by atoms with Crippen LogP contribution in [0, 0.1) is 0 Å². The van der Waals surface area contributed by atoms with Crippen LogP contribution in [0.4, 0.5) is 0 Å². The summed E-state index contributed by atoms with van der Waals surface area (Å²) in [6.45, 7) is 2.11. The topological polar surface area (TPSA) is 89.5 Å². The van der Waals surface area contributed by atoms with Gasteiger partial charge in [0.1, 0.15) is 12.2 Å². The lowest BCUT2D eigenvalue weighted by Gasteiger charge is -2.20. The first-order valence-corrected chi connectivity index (χ1v) is 15.5.